The molecule has 0 aliphatic carbocycles. The minimum absolute atomic E-state index is 0.166. The van der Waals surface area contributed by atoms with Crippen molar-refractivity contribution in [2.24, 2.45) is 4.99 Å². The first-order valence-corrected chi connectivity index (χ1v) is 10.5. The normalized spacial score (nSPS) is 15.1. The number of hydrogen-bond donors (Lipinski definition) is 2. The third-order valence-electron chi connectivity index (χ3n) is 5.44. The highest BCUT2D eigenvalue weighted by Gasteiger charge is 2.13. The summed E-state index contributed by atoms with van der Waals surface area (Å²) < 4.78 is 5.40. The molecular formula is C24H32N4O2. The van der Waals surface area contributed by atoms with Crippen LogP contribution in [0.1, 0.15) is 32.6 Å². The maximum absolute atomic E-state index is 12.9. The number of ether oxygens (including phenoxy) is 1. The van der Waals surface area contributed by atoms with E-state index in [-0.39, 0.29) is 5.91 Å². The number of aliphatic imine (C=N–C) groups is 1. The van der Waals surface area contributed by atoms with E-state index in [2.05, 4.69) is 38.7 Å². The van der Waals surface area contributed by atoms with Crippen LogP contribution in [-0.2, 0) is 4.74 Å². The molecule has 0 spiro atoms. The van der Waals surface area contributed by atoms with Crippen LogP contribution in [0.15, 0.2) is 41.4 Å². The first-order chi connectivity index (χ1) is 14.4. The largest absolute Gasteiger partial charge is 0.379 e. The molecule has 30 heavy (non-hydrogen) atoms. The highest BCUT2D eigenvalue weighted by atomic mass is 16.5. The second kappa shape index (κ2) is 10.4. The van der Waals surface area contributed by atoms with Crippen LogP contribution < -0.4 is 10.6 Å². The van der Waals surface area contributed by atoms with Gasteiger partial charge in [0, 0.05) is 30.9 Å². The Bertz CT molecular complexity index is 917. The van der Waals surface area contributed by atoms with E-state index in [1.54, 1.807) is 0 Å². The zero-order chi connectivity index (χ0) is 21.5. The van der Waals surface area contributed by atoms with Gasteiger partial charge in [-0.1, -0.05) is 18.2 Å². The molecule has 2 N–H and O–H groups in total. The molecule has 1 saturated heterocycles. The number of amides is 1. The number of carbonyl (C=O) groups excluding carboxylic acids is 1. The van der Waals surface area contributed by atoms with Crippen LogP contribution in [0.25, 0.3) is 0 Å². The van der Waals surface area contributed by atoms with Crippen LogP contribution in [0.2, 0.25) is 0 Å². The van der Waals surface area contributed by atoms with Gasteiger partial charge in [0.2, 0.25) is 5.96 Å². The van der Waals surface area contributed by atoms with Crippen LogP contribution >= 0.6 is 0 Å². The van der Waals surface area contributed by atoms with Gasteiger partial charge in [0.1, 0.15) is 0 Å². The predicted octanol–water partition coefficient (Wildman–Crippen LogP) is 3.45. The van der Waals surface area contributed by atoms with Gasteiger partial charge in [0.05, 0.1) is 19.8 Å². The van der Waals surface area contributed by atoms with Gasteiger partial charge in [-0.3, -0.25) is 20.0 Å². The Morgan fingerprint density at radius 1 is 1.00 bits per heavy atom. The highest BCUT2D eigenvalue weighted by Crippen LogP contribution is 2.16. The SMILES string of the molecule is Cc1ccc(C)c(NC(=NCCN2CCOCC2)NC(=O)c2ccc(C)c(C)c2)c1. The fourth-order valence-electron chi connectivity index (χ4n) is 3.30. The van der Waals surface area contributed by atoms with Gasteiger partial charge in [-0.05, 0) is 68.1 Å². The average Bonchev–Trinajstić information content (AvgIpc) is 2.73. The molecule has 6 nitrogen and oxygen atoms in total. The number of anilines is 1. The van der Waals surface area contributed by atoms with Crippen molar-refractivity contribution >= 4 is 17.6 Å². The lowest BCUT2D eigenvalue weighted by molar-refractivity contribution is 0.0394. The van der Waals surface area contributed by atoms with Crippen LogP contribution in [-0.4, -0.2) is 56.2 Å². The number of aryl methyl sites for hydroxylation is 4. The molecule has 2 aromatic carbocycles. The fourth-order valence-corrected chi connectivity index (χ4v) is 3.30. The fraction of sp³-hybridized carbons (Fsp3) is 0.417. The lowest BCUT2D eigenvalue weighted by Crippen LogP contribution is -2.39. The molecule has 6 heteroatoms. The van der Waals surface area contributed by atoms with Crippen molar-refractivity contribution < 1.29 is 9.53 Å². The Morgan fingerprint density at radius 2 is 1.73 bits per heavy atom. The molecular weight excluding hydrogens is 376 g/mol. The number of carbonyl (C=O) groups is 1. The van der Waals surface area contributed by atoms with Crippen LogP contribution in [0, 0.1) is 27.7 Å². The Kier molecular flexibility index (Phi) is 7.60. The number of nitrogens with zero attached hydrogens (tertiary/aromatic N) is 2. The van der Waals surface area contributed by atoms with Crippen molar-refractivity contribution in [2.45, 2.75) is 27.7 Å². The summed E-state index contributed by atoms with van der Waals surface area (Å²) in [5.74, 6) is 0.307. The first kappa shape index (κ1) is 22.0. The van der Waals surface area contributed by atoms with Crippen molar-refractivity contribution in [2.75, 3.05) is 44.7 Å². The lowest BCUT2D eigenvalue weighted by atomic mass is 10.1. The van der Waals surface area contributed by atoms with Crippen LogP contribution in [0.3, 0.4) is 0 Å². The third-order valence-corrected chi connectivity index (χ3v) is 5.44. The van der Waals surface area contributed by atoms with E-state index in [1.165, 1.54) is 5.56 Å². The monoisotopic (exact) mass is 408 g/mol. The first-order valence-electron chi connectivity index (χ1n) is 10.5. The number of guanidine groups is 1. The lowest BCUT2D eigenvalue weighted by Gasteiger charge is -2.25. The van der Waals surface area contributed by atoms with Crippen LogP contribution in [0.4, 0.5) is 5.69 Å². The summed E-state index contributed by atoms with van der Waals surface area (Å²) in [6.45, 7) is 12.9. The van der Waals surface area contributed by atoms with Crippen LogP contribution in [0.5, 0.6) is 0 Å². The number of nitrogens with one attached hydrogen (secondary N) is 2. The number of morpholine rings is 1. The van der Waals surface area contributed by atoms with Gasteiger partial charge >= 0.3 is 0 Å². The number of hydrogen-bond acceptors (Lipinski definition) is 4. The van der Waals surface area contributed by atoms with E-state index in [0.717, 1.165) is 55.2 Å². The van der Waals surface area contributed by atoms with Crippen molar-refractivity contribution in [1.82, 2.24) is 10.2 Å². The molecule has 1 fully saturated rings. The van der Waals surface area contributed by atoms with Crippen molar-refractivity contribution in [3.8, 4) is 0 Å². The van der Waals surface area contributed by atoms with Gasteiger partial charge in [-0.2, -0.15) is 0 Å². The maximum atomic E-state index is 12.9. The molecule has 0 radical (unpaired) electrons. The molecule has 0 saturated carbocycles. The molecule has 0 unspecified atom stereocenters. The number of rotatable bonds is 5. The third kappa shape index (κ3) is 6.15. The summed E-state index contributed by atoms with van der Waals surface area (Å²) in [6.07, 6.45) is 0. The molecule has 1 aliphatic rings. The molecule has 1 amide bonds. The topological polar surface area (TPSA) is 66.0 Å². The van der Waals surface area contributed by atoms with Gasteiger partial charge in [0.25, 0.3) is 5.91 Å². The highest BCUT2D eigenvalue weighted by molar-refractivity contribution is 6.10. The van der Waals surface area contributed by atoms with Gasteiger partial charge in [-0.15, -0.1) is 0 Å². The summed E-state index contributed by atoms with van der Waals surface area (Å²) in [5, 5.41) is 6.30. The van der Waals surface area contributed by atoms with E-state index in [0.29, 0.717) is 18.1 Å². The van der Waals surface area contributed by atoms with Crippen molar-refractivity contribution in [1.29, 1.82) is 0 Å². The van der Waals surface area contributed by atoms with Gasteiger partial charge in [0.15, 0.2) is 0 Å². The summed E-state index contributed by atoms with van der Waals surface area (Å²) in [4.78, 5) is 19.9. The second-order valence-electron chi connectivity index (χ2n) is 7.88. The molecule has 0 bridgehead atoms. The van der Waals surface area contributed by atoms with Crippen molar-refractivity contribution in [3.05, 3.63) is 64.2 Å². The Labute approximate surface area is 179 Å². The summed E-state index contributed by atoms with van der Waals surface area (Å²) >= 11 is 0. The minimum Gasteiger partial charge on any atom is -0.379 e. The van der Waals surface area contributed by atoms with Crippen molar-refractivity contribution in [3.63, 3.8) is 0 Å². The molecule has 2 aromatic rings. The molecule has 0 atom stereocenters. The maximum Gasteiger partial charge on any atom is 0.257 e. The Morgan fingerprint density at radius 3 is 2.47 bits per heavy atom. The Balaban J connectivity index is 1.74. The summed E-state index contributed by atoms with van der Waals surface area (Å²) in [5.41, 5.74) is 6.08. The summed E-state index contributed by atoms with van der Waals surface area (Å²) in [6, 6.07) is 11.9. The molecule has 0 aromatic heterocycles. The molecule has 160 valence electrons. The second-order valence-corrected chi connectivity index (χ2v) is 7.88. The Hall–Kier alpha value is -2.70. The minimum atomic E-state index is -0.166. The average molecular weight is 409 g/mol. The smallest absolute Gasteiger partial charge is 0.257 e. The standard InChI is InChI=1S/C24H32N4O2/c1-17-5-6-19(3)22(15-17)26-24(25-9-10-28-11-13-30-14-12-28)27-23(29)21-8-7-18(2)20(4)16-21/h5-8,15-16H,9-14H2,1-4H3,(H2,25,26,27,29). The zero-order valence-electron chi connectivity index (χ0n) is 18.4. The van der Waals surface area contributed by atoms with Gasteiger partial charge in [-0.25, -0.2) is 0 Å². The zero-order valence-corrected chi connectivity index (χ0v) is 18.4. The van der Waals surface area contributed by atoms with Gasteiger partial charge < -0.3 is 10.1 Å². The van der Waals surface area contributed by atoms with E-state index in [9.17, 15) is 4.79 Å². The predicted molar refractivity (Wildman–Crippen MR) is 122 cm³/mol. The summed E-state index contributed by atoms with van der Waals surface area (Å²) in [7, 11) is 0. The van der Waals surface area contributed by atoms with E-state index >= 15 is 0 Å². The van der Waals surface area contributed by atoms with E-state index in [4.69, 9.17) is 4.74 Å². The van der Waals surface area contributed by atoms with E-state index in [1.807, 2.05) is 45.9 Å². The van der Waals surface area contributed by atoms with E-state index < -0.39 is 0 Å². The molecule has 3 rings (SSSR count). The molecule has 1 aliphatic heterocycles. The quantitative estimate of drug-likeness (QED) is 0.587. The molecule has 1 heterocycles. The number of benzene rings is 2.